The maximum Gasteiger partial charge on any atom is 0.338 e. The van der Waals surface area contributed by atoms with E-state index in [2.05, 4.69) is 0 Å². The average molecular weight is 324 g/mol. The lowest BCUT2D eigenvalue weighted by Gasteiger charge is -2.37. The van der Waals surface area contributed by atoms with Crippen LogP contribution in [-0.4, -0.2) is 59.3 Å². The molecule has 0 radical (unpaired) electrons. The Morgan fingerprint density at radius 2 is 1.87 bits per heavy atom. The highest BCUT2D eigenvalue weighted by atomic mass is 16.8. The Bertz CT molecular complexity index is 559. The minimum Gasteiger partial charge on any atom is -0.459 e. The summed E-state index contributed by atoms with van der Waals surface area (Å²) in [5, 5.41) is 20.3. The van der Waals surface area contributed by atoms with E-state index < -0.39 is 42.5 Å². The number of aliphatic hydroxyl groups excluding tert-OH is 2. The molecule has 2 N–H and O–H groups in total. The number of esters is 1. The molecule has 2 fully saturated rings. The van der Waals surface area contributed by atoms with Crippen LogP contribution in [0, 0.1) is 0 Å². The zero-order valence-electron chi connectivity index (χ0n) is 12.9. The van der Waals surface area contributed by atoms with Crippen LogP contribution in [0.3, 0.4) is 0 Å². The number of carbonyl (C=O) groups is 1. The molecule has 0 saturated carbocycles. The van der Waals surface area contributed by atoms with Crippen molar-refractivity contribution in [1.29, 1.82) is 0 Å². The molecule has 0 spiro atoms. The number of benzene rings is 1. The summed E-state index contributed by atoms with van der Waals surface area (Å²) in [6.07, 6.45) is -4.91. The molecule has 1 aromatic rings. The van der Waals surface area contributed by atoms with Crippen molar-refractivity contribution in [3.63, 3.8) is 0 Å². The van der Waals surface area contributed by atoms with E-state index in [1.807, 2.05) is 0 Å². The van der Waals surface area contributed by atoms with Crippen molar-refractivity contribution in [3.05, 3.63) is 35.9 Å². The van der Waals surface area contributed by atoms with E-state index in [9.17, 15) is 15.0 Å². The maximum atomic E-state index is 11.9. The van der Waals surface area contributed by atoms with Crippen molar-refractivity contribution in [3.8, 4) is 0 Å². The van der Waals surface area contributed by atoms with Gasteiger partial charge in [0.15, 0.2) is 12.1 Å². The summed E-state index contributed by atoms with van der Waals surface area (Å²) in [6, 6.07) is 8.50. The molecule has 1 aromatic carbocycles. The van der Waals surface area contributed by atoms with Crippen LogP contribution in [-0.2, 0) is 18.9 Å². The van der Waals surface area contributed by atoms with Gasteiger partial charge in [-0.3, -0.25) is 0 Å². The molecule has 7 heteroatoms. The van der Waals surface area contributed by atoms with Gasteiger partial charge >= 0.3 is 5.97 Å². The molecule has 126 valence electrons. The van der Waals surface area contributed by atoms with Crippen LogP contribution in [0.25, 0.3) is 0 Å². The fourth-order valence-corrected chi connectivity index (χ4v) is 2.71. The summed E-state index contributed by atoms with van der Waals surface area (Å²) in [6.45, 7) is 3.19. The molecule has 0 aromatic heterocycles. The highest BCUT2D eigenvalue weighted by Crippen LogP contribution is 2.36. The van der Waals surface area contributed by atoms with Crippen molar-refractivity contribution in [2.45, 2.75) is 50.3 Å². The molecule has 0 aliphatic carbocycles. The van der Waals surface area contributed by atoms with Gasteiger partial charge in [-0.2, -0.15) is 0 Å². The van der Waals surface area contributed by atoms with Gasteiger partial charge in [-0.05, 0) is 26.0 Å². The van der Waals surface area contributed by atoms with E-state index in [4.69, 9.17) is 18.9 Å². The predicted molar refractivity (Wildman–Crippen MR) is 77.4 cm³/mol. The minimum atomic E-state index is -1.24. The zero-order valence-corrected chi connectivity index (χ0v) is 12.9. The standard InChI is InChI=1S/C16H20O7/c1-16(2)22-13-12(18)11(17)10(21-15(13)23-16)8-20-14(19)9-6-4-3-5-7-9/h3-7,10-13,15,17-18H,8H2,1-2H3/t10-,11+,12-,13+,15+/m0/s1. The molecule has 2 aliphatic rings. The van der Waals surface area contributed by atoms with Crippen LogP contribution >= 0.6 is 0 Å². The molecule has 0 amide bonds. The van der Waals surface area contributed by atoms with Crippen molar-refractivity contribution < 1.29 is 34.0 Å². The van der Waals surface area contributed by atoms with Gasteiger partial charge < -0.3 is 29.2 Å². The number of carbonyl (C=O) groups excluding carboxylic acids is 1. The maximum absolute atomic E-state index is 11.9. The van der Waals surface area contributed by atoms with Crippen LogP contribution < -0.4 is 0 Å². The Kier molecular flexibility index (Phi) is 4.39. The second-order valence-corrected chi connectivity index (χ2v) is 6.09. The number of rotatable bonds is 3. The van der Waals surface area contributed by atoms with Gasteiger partial charge in [0.1, 0.15) is 31.0 Å². The molecule has 0 bridgehead atoms. The lowest BCUT2D eigenvalue weighted by Crippen LogP contribution is -2.57. The van der Waals surface area contributed by atoms with E-state index >= 15 is 0 Å². The van der Waals surface area contributed by atoms with E-state index in [0.29, 0.717) is 5.56 Å². The lowest BCUT2D eigenvalue weighted by molar-refractivity contribution is -0.256. The summed E-state index contributed by atoms with van der Waals surface area (Å²) in [4.78, 5) is 11.9. The molecule has 2 heterocycles. The van der Waals surface area contributed by atoms with Crippen molar-refractivity contribution in [2.24, 2.45) is 0 Å². The average Bonchev–Trinajstić information content (AvgIpc) is 2.84. The van der Waals surface area contributed by atoms with Gasteiger partial charge in [0.2, 0.25) is 0 Å². The predicted octanol–water partition coefficient (Wildman–Crippen LogP) is 0.442. The number of aliphatic hydroxyl groups is 2. The first-order chi connectivity index (χ1) is 10.9. The van der Waals surface area contributed by atoms with E-state index in [1.165, 1.54) is 0 Å². The van der Waals surface area contributed by atoms with E-state index in [1.54, 1.807) is 44.2 Å². The molecular formula is C16H20O7. The topological polar surface area (TPSA) is 94.5 Å². The van der Waals surface area contributed by atoms with Crippen LogP contribution in [0.2, 0.25) is 0 Å². The SMILES string of the molecule is CC1(C)O[C@H]2O[C@@H](COC(=O)c3ccccc3)[C@@H](O)[C@H](O)[C@H]2O1. The Labute approximate surface area is 133 Å². The second-order valence-electron chi connectivity index (χ2n) is 6.09. The largest absolute Gasteiger partial charge is 0.459 e. The summed E-state index contributed by atoms with van der Waals surface area (Å²) >= 11 is 0. The van der Waals surface area contributed by atoms with Crippen molar-refractivity contribution in [1.82, 2.24) is 0 Å². The van der Waals surface area contributed by atoms with Gasteiger partial charge in [0.05, 0.1) is 5.56 Å². The molecule has 2 aliphatic heterocycles. The highest BCUT2D eigenvalue weighted by Gasteiger charge is 2.53. The Balaban J connectivity index is 1.61. The van der Waals surface area contributed by atoms with Crippen molar-refractivity contribution in [2.75, 3.05) is 6.61 Å². The molecule has 23 heavy (non-hydrogen) atoms. The Morgan fingerprint density at radius 3 is 2.57 bits per heavy atom. The molecule has 5 atom stereocenters. The normalized spacial score (nSPS) is 35.6. The molecule has 7 nitrogen and oxygen atoms in total. The van der Waals surface area contributed by atoms with Crippen LogP contribution in [0.5, 0.6) is 0 Å². The van der Waals surface area contributed by atoms with Gasteiger partial charge in [0, 0.05) is 0 Å². The summed E-state index contributed by atoms with van der Waals surface area (Å²) in [5.74, 6) is -1.44. The molecule has 2 saturated heterocycles. The molecule has 3 rings (SSSR count). The first kappa shape index (κ1) is 16.4. The lowest BCUT2D eigenvalue weighted by atomic mass is 9.99. The molecular weight excluding hydrogens is 304 g/mol. The van der Waals surface area contributed by atoms with Crippen molar-refractivity contribution >= 4 is 5.97 Å². The number of ether oxygens (including phenoxy) is 4. The first-order valence-corrected chi connectivity index (χ1v) is 7.47. The Morgan fingerprint density at radius 1 is 1.17 bits per heavy atom. The van der Waals surface area contributed by atoms with Gasteiger partial charge in [-0.15, -0.1) is 0 Å². The monoisotopic (exact) mass is 324 g/mol. The summed E-state index contributed by atoms with van der Waals surface area (Å²) in [5.41, 5.74) is 0.401. The van der Waals surface area contributed by atoms with Crippen LogP contribution in [0.1, 0.15) is 24.2 Å². The fraction of sp³-hybridized carbons (Fsp3) is 0.562. The third kappa shape index (κ3) is 3.39. The zero-order chi connectivity index (χ0) is 16.6. The van der Waals surface area contributed by atoms with Gasteiger partial charge in [-0.1, -0.05) is 18.2 Å². The smallest absolute Gasteiger partial charge is 0.338 e. The van der Waals surface area contributed by atoms with E-state index in [-0.39, 0.29) is 6.61 Å². The third-order valence-corrected chi connectivity index (χ3v) is 3.85. The van der Waals surface area contributed by atoms with E-state index in [0.717, 1.165) is 0 Å². The quantitative estimate of drug-likeness (QED) is 0.779. The van der Waals surface area contributed by atoms with Crippen LogP contribution in [0.4, 0.5) is 0 Å². The second kappa shape index (κ2) is 6.18. The highest BCUT2D eigenvalue weighted by molar-refractivity contribution is 5.89. The number of hydrogen-bond acceptors (Lipinski definition) is 7. The molecule has 0 unspecified atom stereocenters. The van der Waals surface area contributed by atoms with Gasteiger partial charge in [-0.25, -0.2) is 4.79 Å². The Hall–Kier alpha value is -1.51. The first-order valence-electron chi connectivity index (χ1n) is 7.47. The third-order valence-electron chi connectivity index (χ3n) is 3.85. The number of fused-ring (bicyclic) bond motifs is 1. The minimum absolute atomic E-state index is 0.195. The summed E-state index contributed by atoms with van der Waals surface area (Å²) < 4.78 is 21.8. The fourth-order valence-electron chi connectivity index (χ4n) is 2.71. The van der Waals surface area contributed by atoms with Gasteiger partial charge in [0.25, 0.3) is 0 Å². The van der Waals surface area contributed by atoms with Crippen LogP contribution in [0.15, 0.2) is 30.3 Å². The number of hydrogen-bond donors (Lipinski definition) is 2. The summed E-state index contributed by atoms with van der Waals surface area (Å²) in [7, 11) is 0.